The third-order valence-electron chi connectivity index (χ3n) is 6.14. The predicted molar refractivity (Wildman–Crippen MR) is 145 cm³/mol. The van der Waals surface area contributed by atoms with Crippen molar-refractivity contribution in [3.63, 3.8) is 0 Å². The van der Waals surface area contributed by atoms with Crippen LogP contribution >= 0.6 is 11.6 Å². The molecule has 0 saturated carbocycles. The lowest BCUT2D eigenvalue weighted by Gasteiger charge is -2.28. The lowest BCUT2D eigenvalue weighted by Crippen LogP contribution is -2.22. The number of nitrogens with zero attached hydrogens (tertiary/aromatic N) is 1. The summed E-state index contributed by atoms with van der Waals surface area (Å²) in [7, 11) is 0. The highest BCUT2D eigenvalue weighted by molar-refractivity contribution is 6.31. The molecule has 196 valence electrons. The Kier molecular flexibility index (Phi) is 8.77. The van der Waals surface area contributed by atoms with E-state index in [4.69, 9.17) is 36.3 Å². The van der Waals surface area contributed by atoms with Crippen molar-refractivity contribution in [2.45, 2.75) is 39.0 Å². The van der Waals surface area contributed by atoms with E-state index >= 15 is 0 Å². The summed E-state index contributed by atoms with van der Waals surface area (Å²) in [6.07, 6.45) is 3.11. The van der Waals surface area contributed by atoms with E-state index < -0.39 is 11.9 Å². The standard InChI is InChI=1S/C30H29ClN2O5/c1-3-4-7-14-35-26-9-6-5-8-22(26)29-23-12-10-21(16-27(23)38-30(33)24(29)17-32)37-28(34)18-36-20-11-13-25(31)19(2)15-20/h5-6,8-13,15-16,29H,3-4,7,14,18,33H2,1-2H3. The van der Waals surface area contributed by atoms with Crippen LogP contribution in [0.4, 0.5) is 0 Å². The van der Waals surface area contributed by atoms with Crippen LogP contribution in [0.3, 0.4) is 0 Å². The van der Waals surface area contributed by atoms with Crippen LogP contribution < -0.4 is 24.7 Å². The zero-order valence-electron chi connectivity index (χ0n) is 21.3. The molecule has 0 radical (unpaired) electrons. The summed E-state index contributed by atoms with van der Waals surface area (Å²) in [5, 5.41) is 10.5. The molecule has 0 amide bonds. The summed E-state index contributed by atoms with van der Waals surface area (Å²) in [6.45, 7) is 4.28. The fraction of sp³-hybridized carbons (Fsp3) is 0.267. The van der Waals surface area contributed by atoms with Gasteiger partial charge in [-0.2, -0.15) is 5.26 Å². The van der Waals surface area contributed by atoms with E-state index in [-0.39, 0.29) is 18.2 Å². The maximum Gasteiger partial charge on any atom is 0.349 e. The largest absolute Gasteiger partial charge is 0.493 e. The van der Waals surface area contributed by atoms with Gasteiger partial charge in [-0.3, -0.25) is 0 Å². The van der Waals surface area contributed by atoms with Crippen LogP contribution in [0.2, 0.25) is 5.02 Å². The van der Waals surface area contributed by atoms with Gasteiger partial charge in [-0.25, -0.2) is 4.79 Å². The molecule has 1 unspecified atom stereocenters. The Labute approximate surface area is 227 Å². The Morgan fingerprint density at radius 2 is 1.84 bits per heavy atom. The zero-order valence-corrected chi connectivity index (χ0v) is 22.1. The average molecular weight is 533 g/mol. The quantitative estimate of drug-likeness (QED) is 0.182. The summed E-state index contributed by atoms with van der Waals surface area (Å²) in [5.74, 6) is 0.776. The van der Waals surface area contributed by atoms with Gasteiger partial charge in [0.15, 0.2) is 6.61 Å². The SMILES string of the molecule is CCCCCOc1ccccc1C1C(C#N)=C(N)Oc2cc(OC(=O)COc3ccc(Cl)c(C)c3)ccc21. The number of allylic oxidation sites excluding steroid dienone is 1. The van der Waals surface area contributed by atoms with Crippen LogP contribution in [-0.4, -0.2) is 19.2 Å². The van der Waals surface area contributed by atoms with Gasteiger partial charge in [-0.05, 0) is 49.2 Å². The molecular weight excluding hydrogens is 504 g/mol. The molecule has 0 aliphatic carbocycles. The van der Waals surface area contributed by atoms with E-state index in [1.807, 2.05) is 31.2 Å². The maximum atomic E-state index is 12.4. The second-order valence-electron chi connectivity index (χ2n) is 8.89. The number of fused-ring (bicyclic) bond motifs is 1. The highest BCUT2D eigenvalue weighted by Crippen LogP contribution is 2.45. The van der Waals surface area contributed by atoms with Gasteiger partial charge in [-0.15, -0.1) is 0 Å². The van der Waals surface area contributed by atoms with Gasteiger partial charge < -0.3 is 24.7 Å². The second kappa shape index (κ2) is 12.4. The number of esters is 1. The van der Waals surface area contributed by atoms with Crippen LogP contribution in [0.5, 0.6) is 23.0 Å². The first-order valence-electron chi connectivity index (χ1n) is 12.4. The number of ether oxygens (including phenoxy) is 4. The summed E-state index contributed by atoms with van der Waals surface area (Å²) in [4.78, 5) is 12.4. The van der Waals surface area contributed by atoms with Gasteiger partial charge in [0.1, 0.15) is 34.6 Å². The number of nitriles is 1. The maximum absolute atomic E-state index is 12.4. The van der Waals surface area contributed by atoms with Crippen molar-refractivity contribution in [1.82, 2.24) is 0 Å². The smallest absolute Gasteiger partial charge is 0.349 e. The number of para-hydroxylation sites is 1. The number of carbonyl (C=O) groups is 1. The monoisotopic (exact) mass is 532 g/mol. The molecule has 0 saturated heterocycles. The van der Waals surface area contributed by atoms with Crippen molar-refractivity contribution >= 4 is 17.6 Å². The molecule has 7 nitrogen and oxygen atoms in total. The van der Waals surface area contributed by atoms with Crippen molar-refractivity contribution in [3.8, 4) is 29.1 Å². The molecule has 1 atom stereocenters. The Balaban J connectivity index is 1.54. The predicted octanol–water partition coefficient (Wildman–Crippen LogP) is 6.42. The summed E-state index contributed by atoms with van der Waals surface area (Å²) in [6, 6.07) is 19.9. The van der Waals surface area contributed by atoms with E-state index in [2.05, 4.69) is 13.0 Å². The highest BCUT2D eigenvalue weighted by atomic mass is 35.5. The normalized spacial score (nSPS) is 14.2. The lowest BCUT2D eigenvalue weighted by atomic mass is 9.83. The molecule has 0 aromatic heterocycles. The third-order valence-corrected chi connectivity index (χ3v) is 6.57. The second-order valence-corrected chi connectivity index (χ2v) is 9.30. The number of rotatable bonds is 10. The molecule has 0 bridgehead atoms. The molecule has 0 fully saturated rings. The van der Waals surface area contributed by atoms with Gasteiger partial charge in [0.2, 0.25) is 5.88 Å². The number of unbranched alkanes of at least 4 members (excludes halogenated alkanes) is 2. The van der Waals surface area contributed by atoms with Gasteiger partial charge in [0.25, 0.3) is 0 Å². The first-order chi connectivity index (χ1) is 18.4. The van der Waals surface area contributed by atoms with Crippen molar-refractivity contribution < 1.29 is 23.7 Å². The van der Waals surface area contributed by atoms with E-state index in [0.717, 1.165) is 30.4 Å². The Bertz CT molecular complexity index is 1400. The number of hydrogen-bond donors (Lipinski definition) is 1. The number of aryl methyl sites for hydroxylation is 1. The number of halogens is 1. The van der Waals surface area contributed by atoms with Gasteiger partial charge in [0, 0.05) is 22.2 Å². The molecule has 1 heterocycles. The van der Waals surface area contributed by atoms with E-state index in [1.54, 1.807) is 36.4 Å². The fourth-order valence-corrected chi connectivity index (χ4v) is 4.33. The van der Waals surface area contributed by atoms with Crippen LogP contribution in [-0.2, 0) is 4.79 Å². The fourth-order valence-electron chi connectivity index (χ4n) is 4.21. The molecule has 1 aliphatic heterocycles. The number of hydrogen-bond acceptors (Lipinski definition) is 7. The van der Waals surface area contributed by atoms with Gasteiger partial charge in [0.05, 0.1) is 12.5 Å². The van der Waals surface area contributed by atoms with Crippen LogP contribution in [0, 0.1) is 18.3 Å². The average Bonchev–Trinajstić information content (AvgIpc) is 2.91. The summed E-state index contributed by atoms with van der Waals surface area (Å²) in [5.41, 5.74) is 8.82. The minimum atomic E-state index is -0.586. The number of benzene rings is 3. The Morgan fingerprint density at radius 1 is 1.05 bits per heavy atom. The molecular formula is C30H29ClN2O5. The van der Waals surface area contributed by atoms with E-state index in [0.29, 0.717) is 40.0 Å². The molecule has 0 spiro atoms. The topological polar surface area (TPSA) is 104 Å². The van der Waals surface area contributed by atoms with Crippen molar-refractivity contribution in [1.29, 1.82) is 5.26 Å². The number of nitrogens with two attached hydrogens (primary N) is 1. The lowest BCUT2D eigenvalue weighted by molar-refractivity contribution is -0.136. The van der Waals surface area contributed by atoms with Crippen LogP contribution in [0.15, 0.2) is 72.1 Å². The van der Waals surface area contributed by atoms with Crippen LogP contribution in [0.25, 0.3) is 0 Å². The van der Waals surface area contributed by atoms with Crippen LogP contribution in [0.1, 0.15) is 48.8 Å². The highest BCUT2D eigenvalue weighted by Gasteiger charge is 2.33. The first kappa shape index (κ1) is 26.9. The summed E-state index contributed by atoms with van der Waals surface area (Å²) < 4.78 is 22.9. The molecule has 38 heavy (non-hydrogen) atoms. The molecule has 2 N–H and O–H groups in total. The Hall–Kier alpha value is -4.15. The Morgan fingerprint density at radius 3 is 2.61 bits per heavy atom. The van der Waals surface area contributed by atoms with Crippen molar-refractivity contribution in [2.24, 2.45) is 5.73 Å². The zero-order chi connectivity index (χ0) is 27.1. The number of carbonyl (C=O) groups excluding carboxylic acids is 1. The molecule has 3 aromatic carbocycles. The molecule has 3 aromatic rings. The van der Waals surface area contributed by atoms with E-state index in [1.165, 1.54) is 0 Å². The van der Waals surface area contributed by atoms with Crippen molar-refractivity contribution in [3.05, 3.63) is 93.8 Å². The van der Waals surface area contributed by atoms with Gasteiger partial charge >= 0.3 is 5.97 Å². The van der Waals surface area contributed by atoms with E-state index in [9.17, 15) is 10.1 Å². The minimum Gasteiger partial charge on any atom is -0.493 e. The van der Waals surface area contributed by atoms with Crippen molar-refractivity contribution in [2.75, 3.05) is 13.2 Å². The molecule has 4 rings (SSSR count). The third kappa shape index (κ3) is 6.21. The van der Waals surface area contributed by atoms with Gasteiger partial charge in [-0.1, -0.05) is 55.6 Å². The molecule has 1 aliphatic rings. The summed E-state index contributed by atoms with van der Waals surface area (Å²) >= 11 is 6.03. The minimum absolute atomic E-state index is 0.00398. The molecule has 8 heteroatoms. The first-order valence-corrected chi connectivity index (χ1v) is 12.8.